The number of carbonyl (C=O) groups excluding carboxylic acids is 2. The van der Waals surface area contributed by atoms with Gasteiger partial charge < -0.3 is 16.0 Å². The minimum atomic E-state index is -0.295. The average molecular weight is 303 g/mol. The lowest BCUT2D eigenvalue weighted by Gasteiger charge is -2.08. The van der Waals surface area contributed by atoms with Crippen LogP contribution in [-0.2, 0) is 11.2 Å². The van der Waals surface area contributed by atoms with Gasteiger partial charge in [-0.25, -0.2) is 4.79 Å². The number of carbonyl (C=O) groups is 2. The number of amides is 3. The third kappa shape index (κ3) is 4.92. The molecule has 0 aliphatic rings. The van der Waals surface area contributed by atoms with Crippen LogP contribution in [0.1, 0.15) is 11.3 Å². The second-order valence-electron chi connectivity index (χ2n) is 4.41. The van der Waals surface area contributed by atoms with Gasteiger partial charge in [-0.2, -0.15) is 0 Å². The predicted molar refractivity (Wildman–Crippen MR) is 85.8 cm³/mol. The summed E-state index contributed by atoms with van der Waals surface area (Å²) in [5, 5.41) is 9.96. The van der Waals surface area contributed by atoms with E-state index in [0.717, 1.165) is 6.42 Å². The third-order valence-corrected chi connectivity index (χ3v) is 3.75. The second-order valence-corrected chi connectivity index (χ2v) is 5.44. The maximum atomic E-state index is 11.9. The summed E-state index contributed by atoms with van der Waals surface area (Å²) in [6.45, 7) is 0. The highest BCUT2D eigenvalue weighted by atomic mass is 32.1. The lowest BCUT2D eigenvalue weighted by Crippen LogP contribution is -2.24. The Balaban J connectivity index is 1.88. The smallest absolute Gasteiger partial charge is 0.318 e. The normalized spacial score (nSPS) is 9.95. The molecule has 5 nitrogen and oxygen atoms in total. The quantitative estimate of drug-likeness (QED) is 0.794. The van der Waals surface area contributed by atoms with E-state index in [-0.39, 0.29) is 11.9 Å². The van der Waals surface area contributed by atoms with Gasteiger partial charge in [-0.05, 0) is 36.1 Å². The first-order valence-corrected chi connectivity index (χ1v) is 7.46. The SMILES string of the molecule is CNC(=O)Nc1cccc(NC(=O)CCc2cccs2)c1. The molecule has 0 spiro atoms. The second kappa shape index (κ2) is 7.44. The number of urea groups is 1. The summed E-state index contributed by atoms with van der Waals surface area (Å²) in [5.41, 5.74) is 1.30. The van der Waals surface area contributed by atoms with Gasteiger partial charge in [0.2, 0.25) is 5.91 Å². The van der Waals surface area contributed by atoms with Crippen LogP contribution in [0.5, 0.6) is 0 Å². The number of benzene rings is 1. The highest BCUT2D eigenvalue weighted by Crippen LogP contribution is 2.16. The molecule has 1 aromatic heterocycles. The number of aryl methyl sites for hydroxylation is 1. The van der Waals surface area contributed by atoms with Crippen LogP contribution < -0.4 is 16.0 Å². The van der Waals surface area contributed by atoms with Crippen molar-refractivity contribution in [2.45, 2.75) is 12.8 Å². The number of anilines is 2. The number of hydrogen-bond acceptors (Lipinski definition) is 3. The molecule has 6 heteroatoms. The van der Waals surface area contributed by atoms with Crippen molar-refractivity contribution >= 4 is 34.6 Å². The Kier molecular flexibility index (Phi) is 5.34. The number of nitrogens with one attached hydrogen (secondary N) is 3. The summed E-state index contributed by atoms with van der Waals surface area (Å²) in [6.07, 6.45) is 1.17. The molecule has 2 rings (SSSR count). The van der Waals surface area contributed by atoms with E-state index in [1.807, 2.05) is 17.5 Å². The maximum absolute atomic E-state index is 11.9. The summed E-state index contributed by atoms with van der Waals surface area (Å²) >= 11 is 1.65. The average Bonchev–Trinajstić information content (AvgIpc) is 2.98. The van der Waals surface area contributed by atoms with Crippen LogP contribution in [0.25, 0.3) is 0 Å². The fourth-order valence-corrected chi connectivity index (χ4v) is 2.49. The first-order valence-electron chi connectivity index (χ1n) is 6.58. The molecule has 1 heterocycles. The summed E-state index contributed by atoms with van der Waals surface area (Å²) in [7, 11) is 1.55. The van der Waals surface area contributed by atoms with E-state index >= 15 is 0 Å². The maximum Gasteiger partial charge on any atom is 0.318 e. The molecule has 3 N–H and O–H groups in total. The molecular weight excluding hydrogens is 286 g/mol. The van der Waals surface area contributed by atoms with Gasteiger partial charge in [0, 0.05) is 29.7 Å². The molecule has 0 bridgehead atoms. The van der Waals surface area contributed by atoms with Crippen molar-refractivity contribution < 1.29 is 9.59 Å². The van der Waals surface area contributed by atoms with Gasteiger partial charge in [-0.15, -0.1) is 11.3 Å². The van der Waals surface area contributed by atoms with Gasteiger partial charge >= 0.3 is 6.03 Å². The van der Waals surface area contributed by atoms with Gasteiger partial charge in [0.25, 0.3) is 0 Å². The Morgan fingerprint density at radius 1 is 1.10 bits per heavy atom. The molecular formula is C15H17N3O2S. The molecule has 2 aromatic rings. The molecule has 0 radical (unpaired) electrons. The van der Waals surface area contributed by atoms with Crippen LogP contribution in [0.15, 0.2) is 41.8 Å². The Morgan fingerprint density at radius 2 is 1.86 bits per heavy atom. The highest BCUT2D eigenvalue weighted by molar-refractivity contribution is 7.09. The Bertz CT molecular complexity index is 611. The number of thiophene rings is 1. The van der Waals surface area contributed by atoms with Crippen molar-refractivity contribution in [3.8, 4) is 0 Å². The Morgan fingerprint density at radius 3 is 2.52 bits per heavy atom. The minimum absolute atomic E-state index is 0.0412. The van der Waals surface area contributed by atoms with Crippen LogP contribution in [-0.4, -0.2) is 19.0 Å². The standard InChI is InChI=1S/C15H17N3O2S/c1-16-15(20)18-12-5-2-4-11(10-12)17-14(19)8-7-13-6-3-9-21-13/h2-6,9-10H,7-8H2,1H3,(H,17,19)(H2,16,18,20). The molecule has 21 heavy (non-hydrogen) atoms. The zero-order valence-corrected chi connectivity index (χ0v) is 12.5. The lowest BCUT2D eigenvalue weighted by molar-refractivity contribution is -0.116. The van der Waals surface area contributed by atoms with Crippen LogP contribution >= 0.6 is 11.3 Å². The number of hydrogen-bond donors (Lipinski definition) is 3. The molecule has 110 valence electrons. The van der Waals surface area contributed by atoms with E-state index < -0.39 is 0 Å². The highest BCUT2D eigenvalue weighted by Gasteiger charge is 2.05. The van der Waals surface area contributed by atoms with Crippen molar-refractivity contribution in [2.75, 3.05) is 17.7 Å². The monoisotopic (exact) mass is 303 g/mol. The van der Waals surface area contributed by atoms with Crippen LogP contribution in [0.2, 0.25) is 0 Å². The molecule has 0 fully saturated rings. The zero-order chi connectivity index (χ0) is 15.1. The molecule has 0 aliphatic heterocycles. The summed E-state index contributed by atoms with van der Waals surface area (Å²) < 4.78 is 0. The molecule has 0 unspecified atom stereocenters. The Labute approximate surface area is 127 Å². The van der Waals surface area contributed by atoms with Gasteiger partial charge in [-0.1, -0.05) is 12.1 Å². The first-order chi connectivity index (χ1) is 10.2. The summed E-state index contributed by atoms with van der Waals surface area (Å²) in [4.78, 5) is 24.3. The number of rotatable bonds is 5. The van der Waals surface area contributed by atoms with Gasteiger partial charge in [0.1, 0.15) is 0 Å². The van der Waals surface area contributed by atoms with E-state index in [4.69, 9.17) is 0 Å². The third-order valence-electron chi connectivity index (χ3n) is 2.81. The van der Waals surface area contributed by atoms with Gasteiger partial charge in [0.15, 0.2) is 0 Å². The van der Waals surface area contributed by atoms with E-state index in [0.29, 0.717) is 17.8 Å². The van der Waals surface area contributed by atoms with Crippen molar-refractivity contribution in [3.63, 3.8) is 0 Å². The molecule has 0 saturated heterocycles. The summed E-state index contributed by atoms with van der Waals surface area (Å²) in [5.74, 6) is -0.0412. The molecule has 1 aromatic carbocycles. The fourth-order valence-electron chi connectivity index (χ4n) is 1.78. The topological polar surface area (TPSA) is 70.2 Å². The van der Waals surface area contributed by atoms with Gasteiger partial charge in [0.05, 0.1) is 0 Å². The Hall–Kier alpha value is -2.34. The fraction of sp³-hybridized carbons (Fsp3) is 0.200. The predicted octanol–water partition coefficient (Wildman–Crippen LogP) is 3.07. The first kappa shape index (κ1) is 15.1. The van der Waals surface area contributed by atoms with Crippen molar-refractivity contribution in [3.05, 3.63) is 46.7 Å². The van der Waals surface area contributed by atoms with Crippen LogP contribution in [0, 0.1) is 0 Å². The van der Waals surface area contributed by atoms with Gasteiger partial charge in [-0.3, -0.25) is 4.79 Å². The minimum Gasteiger partial charge on any atom is -0.341 e. The van der Waals surface area contributed by atoms with Crippen LogP contribution in [0.3, 0.4) is 0 Å². The van der Waals surface area contributed by atoms with Crippen LogP contribution in [0.4, 0.5) is 16.2 Å². The molecule has 0 atom stereocenters. The van der Waals surface area contributed by atoms with Crippen molar-refractivity contribution in [1.29, 1.82) is 0 Å². The van der Waals surface area contributed by atoms with E-state index in [2.05, 4.69) is 16.0 Å². The van der Waals surface area contributed by atoms with E-state index in [1.165, 1.54) is 4.88 Å². The lowest BCUT2D eigenvalue weighted by atomic mass is 10.2. The summed E-state index contributed by atoms with van der Waals surface area (Å²) in [6, 6.07) is 10.8. The largest absolute Gasteiger partial charge is 0.341 e. The molecule has 0 saturated carbocycles. The molecule has 0 aliphatic carbocycles. The van der Waals surface area contributed by atoms with E-state index in [9.17, 15) is 9.59 Å². The van der Waals surface area contributed by atoms with Crippen molar-refractivity contribution in [2.24, 2.45) is 0 Å². The molecule has 3 amide bonds. The van der Waals surface area contributed by atoms with Crippen molar-refractivity contribution in [1.82, 2.24) is 5.32 Å². The van der Waals surface area contributed by atoms with E-state index in [1.54, 1.807) is 42.6 Å². The zero-order valence-electron chi connectivity index (χ0n) is 11.7.